The zero-order valence-corrected chi connectivity index (χ0v) is 11.8. The van der Waals surface area contributed by atoms with Crippen LogP contribution < -0.4 is 0 Å². The summed E-state index contributed by atoms with van der Waals surface area (Å²) in [5.74, 6) is 0.680. The molecule has 2 aromatic rings. The van der Waals surface area contributed by atoms with Gasteiger partial charge in [0, 0.05) is 38.3 Å². The molecule has 1 aromatic carbocycles. The number of methoxy groups -OCH3 is 1. The number of H-pyrrole nitrogens is 1. The Morgan fingerprint density at radius 1 is 1.40 bits per heavy atom. The molecule has 0 saturated carbocycles. The normalized spacial score (nSPS) is 19.1. The molecule has 0 spiro atoms. The van der Waals surface area contributed by atoms with Crippen LogP contribution in [0, 0.1) is 5.92 Å². The number of carbonyl (C=O) groups is 1. The van der Waals surface area contributed by atoms with Gasteiger partial charge in [0.05, 0.1) is 6.61 Å². The topological polar surface area (TPSA) is 45.3 Å². The van der Waals surface area contributed by atoms with E-state index < -0.39 is 0 Å². The van der Waals surface area contributed by atoms with Crippen molar-refractivity contribution in [3.05, 3.63) is 36.0 Å². The van der Waals surface area contributed by atoms with Gasteiger partial charge < -0.3 is 14.6 Å². The molecule has 0 bridgehead atoms. The highest BCUT2D eigenvalue weighted by Crippen LogP contribution is 2.23. The van der Waals surface area contributed by atoms with Crippen molar-refractivity contribution >= 4 is 16.8 Å². The van der Waals surface area contributed by atoms with E-state index in [1.54, 1.807) is 7.11 Å². The van der Waals surface area contributed by atoms with E-state index in [9.17, 15) is 4.79 Å². The predicted molar refractivity (Wildman–Crippen MR) is 78.6 cm³/mol. The van der Waals surface area contributed by atoms with E-state index in [4.69, 9.17) is 4.74 Å². The quantitative estimate of drug-likeness (QED) is 0.907. The Bertz CT molecular complexity index is 605. The van der Waals surface area contributed by atoms with Gasteiger partial charge in [-0.1, -0.05) is 12.1 Å². The molecule has 1 saturated heterocycles. The third-order valence-corrected chi connectivity index (χ3v) is 4.00. The van der Waals surface area contributed by atoms with Crippen molar-refractivity contribution in [3.8, 4) is 0 Å². The molecular formula is C16H20N2O2. The Labute approximate surface area is 118 Å². The van der Waals surface area contributed by atoms with Crippen molar-refractivity contribution in [1.82, 2.24) is 9.88 Å². The minimum atomic E-state index is 0.257. The van der Waals surface area contributed by atoms with Crippen LogP contribution in [0.3, 0.4) is 0 Å². The van der Waals surface area contributed by atoms with Crippen LogP contribution in [-0.4, -0.2) is 42.6 Å². The zero-order valence-electron chi connectivity index (χ0n) is 11.8. The van der Waals surface area contributed by atoms with Crippen LogP contribution in [0.4, 0.5) is 0 Å². The maximum Gasteiger partial charge on any atom is 0.223 e. The number of ether oxygens (including phenoxy) is 1. The molecule has 106 valence electrons. The van der Waals surface area contributed by atoms with E-state index in [1.807, 2.05) is 11.1 Å². The van der Waals surface area contributed by atoms with E-state index in [2.05, 4.69) is 29.2 Å². The minimum absolute atomic E-state index is 0.257. The van der Waals surface area contributed by atoms with Crippen molar-refractivity contribution in [2.24, 2.45) is 5.92 Å². The Balaban J connectivity index is 1.64. The lowest BCUT2D eigenvalue weighted by Crippen LogP contribution is -2.28. The molecule has 20 heavy (non-hydrogen) atoms. The monoisotopic (exact) mass is 272 g/mol. The summed E-state index contributed by atoms with van der Waals surface area (Å²) >= 11 is 0. The van der Waals surface area contributed by atoms with Gasteiger partial charge in [-0.2, -0.15) is 0 Å². The highest BCUT2D eigenvalue weighted by molar-refractivity contribution is 5.80. The van der Waals surface area contributed by atoms with E-state index in [-0.39, 0.29) is 5.91 Å². The fourth-order valence-electron chi connectivity index (χ4n) is 2.96. The van der Waals surface area contributed by atoms with Gasteiger partial charge in [-0.25, -0.2) is 0 Å². The first-order valence-corrected chi connectivity index (χ1v) is 7.09. The standard InChI is InChI=1S/C16H20N2O2/c1-20-7-6-18-11-13(10-16(18)19)8-12-2-3-14-4-5-17-15(14)9-12/h2-5,9,13,17H,6-8,10-11H2,1H3/t13-/m0/s1. The summed E-state index contributed by atoms with van der Waals surface area (Å²) in [7, 11) is 1.67. The highest BCUT2D eigenvalue weighted by Gasteiger charge is 2.29. The number of hydrogen-bond acceptors (Lipinski definition) is 2. The van der Waals surface area contributed by atoms with Gasteiger partial charge in [0.25, 0.3) is 0 Å². The van der Waals surface area contributed by atoms with Gasteiger partial charge in [-0.15, -0.1) is 0 Å². The highest BCUT2D eigenvalue weighted by atomic mass is 16.5. The summed E-state index contributed by atoms with van der Waals surface area (Å²) in [4.78, 5) is 17.1. The number of aromatic amines is 1. The molecule has 1 fully saturated rings. The van der Waals surface area contributed by atoms with Crippen LogP contribution in [0.15, 0.2) is 30.5 Å². The number of rotatable bonds is 5. The van der Waals surface area contributed by atoms with Crippen LogP contribution >= 0.6 is 0 Å². The molecule has 4 heteroatoms. The fourth-order valence-corrected chi connectivity index (χ4v) is 2.96. The molecule has 4 nitrogen and oxygen atoms in total. The third kappa shape index (κ3) is 2.70. The SMILES string of the molecule is COCCN1C[C@@H](Cc2ccc3cc[nH]c3c2)CC1=O. The second kappa shape index (κ2) is 5.67. The lowest BCUT2D eigenvalue weighted by Gasteiger charge is -2.15. The number of carbonyl (C=O) groups excluding carboxylic acids is 1. The maximum atomic E-state index is 11.9. The molecule has 1 aromatic heterocycles. The summed E-state index contributed by atoms with van der Waals surface area (Å²) in [6.07, 6.45) is 3.58. The number of amides is 1. The average Bonchev–Trinajstić information content (AvgIpc) is 3.03. The van der Waals surface area contributed by atoms with Crippen molar-refractivity contribution in [2.45, 2.75) is 12.8 Å². The molecule has 1 N–H and O–H groups in total. The number of aromatic nitrogens is 1. The maximum absolute atomic E-state index is 11.9. The van der Waals surface area contributed by atoms with Crippen LogP contribution in [0.2, 0.25) is 0 Å². The molecule has 1 amide bonds. The van der Waals surface area contributed by atoms with Gasteiger partial charge in [0.1, 0.15) is 0 Å². The number of nitrogens with zero attached hydrogens (tertiary/aromatic N) is 1. The first kappa shape index (κ1) is 13.2. The van der Waals surface area contributed by atoms with Crippen molar-refractivity contribution in [3.63, 3.8) is 0 Å². The molecule has 0 radical (unpaired) electrons. The van der Waals surface area contributed by atoms with Crippen molar-refractivity contribution in [2.75, 3.05) is 26.8 Å². The fraction of sp³-hybridized carbons (Fsp3) is 0.438. The van der Waals surface area contributed by atoms with Crippen LogP contribution in [0.5, 0.6) is 0 Å². The van der Waals surface area contributed by atoms with E-state index in [0.717, 1.165) is 13.0 Å². The average molecular weight is 272 g/mol. The molecule has 3 rings (SSSR count). The molecule has 0 unspecified atom stereocenters. The van der Waals surface area contributed by atoms with Crippen LogP contribution in [0.1, 0.15) is 12.0 Å². The number of benzene rings is 1. The largest absolute Gasteiger partial charge is 0.383 e. The van der Waals surface area contributed by atoms with Gasteiger partial charge in [0.15, 0.2) is 0 Å². The number of fused-ring (bicyclic) bond motifs is 1. The summed E-state index contributed by atoms with van der Waals surface area (Å²) in [6.45, 7) is 2.18. The molecule has 1 aliphatic heterocycles. The second-order valence-corrected chi connectivity index (χ2v) is 5.51. The second-order valence-electron chi connectivity index (χ2n) is 5.51. The molecule has 1 aliphatic rings. The zero-order chi connectivity index (χ0) is 13.9. The van der Waals surface area contributed by atoms with E-state index in [1.165, 1.54) is 16.5 Å². The Hall–Kier alpha value is -1.81. The van der Waals surface area contributed by atoms with E-state index >= 15 is 0 Å². The van der Waals surface area contributed by atoms with E-state index in [0.29, 0.717) is 25.5 Å². The molecule has 0 aliphatic carbocycles. The lowest BCUT2D eigenvalue weighted by atomic mass is 9.98. The van der Waals surface area contributed by atoms with Crippen molar-refractivity contribution in [1.29, 1.82) is 0 Å². The summed E-state index contributed by atoms with van der Waals surface area (Å²) in [5, 5.41) is 1.23. The summed E-state index contributed by atoms with van der Waals surface area (Å²) in [5.41, 5.74) is 2.47. The Morgan fingerprint density at radius 3 is 3.15 bits per heavy atom. The number of likely N-dealkylation sites (tertiary alicyclic amines) is 1. The molecule has 1 atom stereocenters. The van der Waals surface area contributed by atoms with Gasteiger partial charge >= 0.3 is 0 Å². The Morgan fingerprint density at radius 2 is 2.30 bits per heavy atom. The smallest absolute Gasteiger partial charge is 0.223 e. The van der Waals surface area contributed by atoms with Gasteiger partial charge in [-0.05, 0) is 35.4 Å². The predicted octanol–water partition coefficient (Wildman–Crippen LogP) is 2.21. The Kier molecular flexibility index (Phi) is 3.74. The number of hydrogen-bond donors (Lipinski definition) is 1. The molecular weight excluding hydrogens is 252 g/mol. The van der Waals surface area contributed by atoms with Crippen molar-refractivity contribution < 1.29 is 9.53 Å². The van der Waals surface area contributed by atoms with Crippen LogP contribution in [-0.2, 0) is 16.0 Å². The van der Waals surface area contributed by atoms with Gasteiger partial charge in [0.2, 0.25) is 5.91 Å². The van der Waals surface area contributed by atoms with Gasteiger partial charge in [-0.3, -0.25) is 4.79 Å². The minimum Gasteiger partial charge on any atom is -0.383 e. The first-order valence-electron chi connectivity index (χ1n) is 7.09. The number of nitrogens with one attached hydrogen (secondary N) is 1. The lowest BCUT2D eigenvalue weighted by molar-refractivity contribution is -0.128. The summed E-state index contributed by atoms with van der Waals surface area (Å²) in [6, 6.07) is 8.57. The first-order chi connectivity index (χ1) is 9.76. The third-order valence-electron chi connectivity index (χ3n) is 4.00. The van der Waals surface area contributed by atoms with Crippen LogP contribution in [0.25, 0.3) is 10.9 Å². The molecule has 2 heterocycles. The summed E-state index contributed by atoms with van der Waals surface area (Å²) < 4.78 is 5.05.